The Hall–Kier alpha value is -1.49. The molecule has 74 valence electrons. The van der Waals surface area contributed by atoms with E-state index in [1.54, 1.807) is 30.4 Å². The molecule has 0 unspecified atom stereocenters. The monoisotopic (exact) mass is 211 g/mol. The van der Waals surface area contributed by atoms with Gasteiger partial charge < -0.3 is 9.92 Å². The van der Waals surface area contributed by atoms with Gasteiger partial charge in [0.25, 0.3) is 0 Å². The SMILES string of the molecule is Nc1ccc2c(c1)C=CCS(=O)(=O)O2. The minimum Gasteiger partial charge on any atom is -0.399 e. The first-order chi connectivity index (χ1) is 6.57. The van der Waals surface area contributed by atoms with Crippen molar-refractivity contribution < 1.29 is 12.6 Å². The van der Waals surface area contributed by atoms with Crippen molar-refractivity contribution in [2.45, 2.75) is 0 Å². The molecule has 1 aliphatic heterocycles. The Bertz CT molecular complexity index is 491. The second kappa shape index (κ2) is 3.02. The maximum atomic E-state index is 11.2. The molecule has 5 heteroatoms. The second-order valence-corrected chi connectivity index (χ2v) is 4.62. The van der Waals surface area contributed by atoms with Crippen LogP contribution in [0.1, 0.15) is 5.56 Å². The van der Waals surface area contributed by atoms with Gasteiger partial charge in [-0.05, 0) is 18.2 Å². The number of anilines is 1. The minimum atomic E-state index is -3.47. The van der Waals surface area contributed by atoms with Gasteiger partial charge in [0.15, 0.2) is 0 Å². The van der Waals surface area contributed by atoms with Crippen LogP contribution >= 0.6 is 0 Å². The molecule has 1 aromatic rings. The van der Waals surface area contributed by atoms with E-state index >= 15 is 0 Å². The van der Waals surface area contributed by atoms with Crippen LogP contribution in [-0.2, 0) is 10.1 Å². The summed E-state index contributed by atoms with van der Waals surface area (Å²) in [6, 6.07) is 4.83. The van der Waals surface area contributed by atoms with Crippen molar-refractivity contribution in [1.82, 2.24) is 0 Å². The van der Waals surface area contributed by atoms with Gasteiger partial charge in [-0.1, -0.05) is 12.2 Å². The fourth-order valence-electron chi connectivity index (χ4n) is 1.24. The van der Waals surface area contributed by atoms with Crippen molar-refractivity contribution in [1.29, 1.82) is 0 Å². The van der Waals surface area contributed by atoms with Crippen LogP contribution in [0, 0.1) is 0 Å². The quantitative estimate of drug-likeness (QED) is 0.513. The summed E-state index contributed by atoms with van der Waals surface area (Å²) in [5, 5.41) is 0. The summed E-state index contributed by atoms with van der Waals surface area (Å²) in [6.07, 6.45) is 3.23. The number of nitrogen functional groups attached to an aromatic ring is 1. The van der Waals surface area contributed by atoms with Crippen molar-refractivity contribution in [2.24, 2.45) is 0 Å². The molecular formula is C9H9NO3S. The van der Waals surface area contributed by atoms with Crippen LogP contribution in [0.2, 0.25) is 0 Å². The molecule has 0 atom stereocenters. The summed E-state index contributed by atoms with van der Waals surface area (Å²) in [6.45, 7) is 0. The highest BCUT2D eigenvalue weighted by atomic mass is 32.2. The first kappa shape index (κ1) is 9.08. The molecule has 1 heterocycles. The van der Waals surface area contributed by atoms with Gasteiger partial charge in [-0.25, -0.2) is 0 Å². The molecular weight excluding hydrogens is 202 g/mol. The third kappa shape index (κ3) is 1.72. The number of rotatable bonds is 0. The lowest BCUT2D eigenvalue weighted by atomic mass is 10.1. The number of hydrogen-bond donors (Lipinski definition) is 1. The second-order valence-electron chi connectivity index (χ2n) is 3.01. The first-order valence-corrected chi connectivity index (χ1v) is 5.63. The molecule has 0 aliphatic carbocycles. The highest BCUT2D eigenvalue weighted by Crippen LogP contribution is 2.26. The first-order valence-electron chi connectivity index (χ1n) is 4.05. The Balaban J connectivity index is 2.56. The Morgan fingerprint density at radius 3 is 2.93 bits per heavy atom. The molecule has 1 aliphatic rings. The standard InChI is InChI=1S/C9H9NO3S/c10-8-3-4-9-7(6-8)2-1-5-14(11,12)13-9/h1-4,6H,5,10H2. The van der Waals surface area contributed by atoms with Crippen LogP contribution in [0.4, 0.5) is 5.69 Å². The van der Waals surface area contributed by atoms with Gasteiger partial charge in [-0.3, -0.25) is 0 Å². The van der Waals surface area contributed by atoms with Gasteiger partial charge in [0, 0.05) is 11.3 Å². The smallest absolute Gasteiger partial charge is 0.312 e. The number of fused-ring (bicyclic) bond motifs is 1. The average molecular weight is 211 g/mol. The molecule has 0 bridgehead atoms. The van der Waals surface area contributed by atoms with Crippen molar-refractivity contribution in [3.8, 4) is 5.75 Å². The molecule has 14 heavy (non-hydrogen) atoms. The van der Waals surface area contributed by atoms with Gasteiger partial charge in [0.05, 0.1) is 0 Å². The Morgan fingerprint density at radius 1 is 1.36 bits per heavy atom. The van der Waals surface area contributed by atoms with E-state index in [1.807, 2.05) is 0 Å². The Labute approximate surface area is 82.1 Å². The molecule has 4 nitrogen and oxygen atoms in total. The molecule has 0 saturated carbocycles. The molecule has 2 rings (SSSR count). The van der Waals surface area contributed by atoms with Gasteiger partial charge >= 0.3 is 10.1 Å². The van der Waals surface area contributed by atoms with Gasteiger partial charge in [0.1, 0.15) is 11.5 Å². The summed E-state index contributed by atoms with van der Waals surface area (Å²) in [7, 11) is -3.47. The lowest BCUT2D eigenvalue weighted by Gasteiger charge is -2.05. The molecule has 0 fully saturated rings. The van der Waals surface area contributed by atoms with E-state index in [4.69, 9.17) is 9.92 Å². The molecule has 2 N–H and O–H groups in total. The van der Waals surface area contributed by atoms with Crippen molar-refractivity contribution in [2.75, 3.05) is 11.5 Å². The van der Waals surface area contributed by atoms with Gasteiger partial charge in [-0.15, -0.1) is 0 Å². The molecule has 0 radical (unpaired) electrons. The van der Waals surface area contributed by atoms with Crippen LogP contribution in [0.25, 0.3) is 6.08 Å². The van der Waals surface area contributed by atoms with Crippen LogP contribution in [0.15, 0.2) is 24.3 Å². The van der Waals surface area contributed by atoms with E-state index in [-0.39, 0.29) is 5.75 Å². The maximum Gasteiger partial charge on any atom is 0.312 e. The normalized spacial score (nSPS) is 18.0. The van der Waals surface area contributed by atoms with Crippen molar-refractivity contribution in [3.05, 3.63) is 29.8 Å². The summed E-state index contributed by atoms with van der Waals surface area (Å²) >= 11 is 0. The van der Waals surface area contributed by atoms with E-state index < -0.39 is 10.1 Å². The number of benzene rings is 1. The highest BCUT2D eigenvalue weighted by Gasteiger charge is 2.16. The van der Waals surface area contributed by atoms with E-state index in [9.17, 15) is 8.42 Å². The van der Waals surface area contributed by atoms with Crippen LogP contribution < -0.4 is 9.92 Å². The van der Waals surface area contributed by atoms with Crippen LogP contribution in [0.3, 0.4) is 0 Å². The molecule has 0 saturated heterocycles. The summed E-state index contributed by atoms with van der Waals surface area (Å²) < 4.78 is 27.3. The van der Waals surface area contributed by atoms with E-state index in [1.165, 1.54) is 0 Å². The van der Waals surface area contributed by atoms with Crippen LogP contribution in [0.5, 0.6) is 5.75 Å². The summed E-state index contributed by atoms with van der Waals surface area (Å²) in [5.74, 6) is 0.217. The molecule has 1 aromatic carbocycles. The van der Waals surface area contributed by atoms with Gasteiger partial charge in [0.2, 0.25) is 0 Å². The number of hydrogen-bond acceptors (Lipinski definition) is 4. The van der Waals surface area contributed by atoms with E-state index in [0.717, 1.165) is 0 Å². The number of nitrogens with two attached hydrogens (primary N) is 1. The topological polar surface area (TPSA) is 69.4 Å². The van der Waals surface area contributed by atoms with Crippen molar-refractivity contribution in [3.63, 3.8) is 0 Å². The Morgan fingerprint density at radius 2 is 2.14 bits per heavy atom. The lowest BCUT2D eigenvalue weighted by molar-refractivity contribution is 0.490. The molecule has 0 amide bonds. The van der Waals surface area contributed by atoms with E-state index in [2.05, 4.69) is 0 Å². The minimum absolute atomic E-state index is 0.110. The van der Waals surface area contributed by atoms with Gasteiger partial charge in [-0.2, -0.15) is 8.42 Å². The predicted octanol–water partition coefficient (Wildman–Crippen LogP) is 1.00. The van der Waals surface area contributed by atoms with Crippen molar-refractivity contribution >= 4 is 21.9 Å². The third-order valence-electron chi connectivity index (χ3n) is 1.85. The average Bonchev–Trinajstić information content (AvgIpc) is 2.22. The summed E-state index contributed by atoms with van der Waals surface area (Å²) in [4.78, 5) is 0. The van der Waals surface area contributed by atoms with Crippen LogP contribution in [-0.4, -0.2) is 14.2 Å². The fraction of sp³-hybridized carbons (Fsp3) is 0.111. The largest absolute Gasteiger partial charge is 0.399 e. The third-order valence-corrected chi connectivity index (χ3v) is 2.88. The lowest BCUT2D eigenvalue weighted by Crippen LogP contribution is -2.11. The summed E-state index contributed by atoms with van der Waals surface area (Å²) in [5.41, 5.74) is 6.83. The fourth-order valence-corrected chi connectivity index (χ4v) is 2.06. The zero-order valence-electron chi connectivity index (χ0n) is 7.30. The predicted molar refractivity (Wildman–Crippen MR) is 54.3 cm³/mol. The molecule has 0 spiro atoms. The maximum absolute atomic E-state index is 11.2. The van der Waals surface area contributed by atoms with E-state index in [0.29, 0.717) is 17.0 Å². The molecule has 0 aromatic heterocycles. The Kier molecular flexibility index (Phi) is 1.96. The zero-order chi connectivity index (χ0) is 10.2. The highest BCUT2D eigenvalue weighted by molar-refractivity contribution is 7.87. The zero-order valence-corrected chi connectivity index (χ0v) is 8.12.